The summed E-state index contributed by atoms with van der Waals surface area (Å²) < 4.78 is 0. The zero-order valence-electron chi connectivity index (χ0n) is 9.54. The minimum atomic E-state index is 0.285. The number of aromatic nitrogens is 2. The zero-order valence-corrected chi connectivity index (χ0v) is 9.54. The molecule has 0 aliphatic carbocycles. The second-order valence-corrected chi connectivity index (χ2v) is 4.54. The van der Waals surface area contributed by atoms with E-state index in [1.165, 1.54) is 0 Å². The van der Waals surface area contributed by atoms with Crippen LogP contribution in [0.3, 0.4) is 0 Å². The van der Waals surface area contributed by atoms with Gasteiger partial charge in [0.05, 0.1) is 18.1 Å². The van der Waals surface area contributed by atoms with Crippen molar-refractivity contribution in [3.63, 3.8) is 0 Å². The van der Waals surface area contributed by atoms with Crippen molar-refractivity contribution in [2.24, 2.45) is 0 Å². The fourth-order valence-electron chi connectivity index (χ4n) is 2.54. The second kappa shape index (κ2) is 3.87. The molecule has 2 N–H and O–H groups in total. The summed E-state index contributed by atoms with van der Waals surface area (Å²) in [6.45, 7) is 2.40. The van der Waals surface area contributed by atoms with E-state index in [4.69, 9.17) is 5.73 Å². The fraction of sp³-hybridized carbons (Fsp3) is 0.545. The first-order valence-electron chi connectivity index (χ1n) is 5.86. The van der Waals surface area contributed by atoms with E-state index in [1.54, 1.807) is 12.4 Å². The lowest BCUT2D eigenvalue weighted by molar-refractivity contribution is -0.129. The highest BCUT2D eigenvalue weighted by molar-refractivity contribution is 5.79. The normalized spacial score (nSPS) is 24.0. The van der Waals surface area contributed by atoms with Gasteiger partial charge in [-0.1, -0.05) is 0 Å². The Labute approximate surface area is 99.4 Å². The van der Waals surface area contributed by atoms with Crippen molar-refractivity contribution in [1.29, 1.82) is 0 Å². The predicted octanol–water partition coefficient (Wildman–Crippen LogP) is -0.130. The van der Waals surface area contributed by atoms with Crippen LogP contribution >= 0.6 is 0 Å². The van der Waals surface area contributed by atoms with Crippen molar-refractivity contribution in [3.05, 3.63) is 12.4 Å². The summed E-state index contributed by atoms with van der Waals surface area (Å²) >= 11 is 0. The minimum Gasteiger partial charge on any atom is -0.396 e. The Morgan fingerprint density at radius 2 is 2.06 bits per heavy atom. The summed E-state index contributed by atoms with van der Waals surface area (Å²) in [6, 6.07) is 0.331. The van der Waals surface area contributed by atoms with Crippen LogP contribution in [0.5, 0.6) is 0 Å². The number of carbonyl (C=O) groups is 1. The van der Waals surface area contributed by atoms with E-state index in [0.29, 0.717) is 24.1 Å². The van der Waals surface area contributed by atoms with Gasteiger partial charge in [-0.15, -0.1) is 0 Å². The van der Waals surface area contributed by atoms with Crippen LogP contribution in [0, 0.1) is 0 Å². The van der Waals surface area contributed by atoms with Gasteiger partial charge in [0, 0.05) is 32.1 Å². The highest BCUT2D eigenvalue weighted by Gasteiger charge is 2.35. The molecular formula is C11H15N5O. The Bertz CT molecular complexity index is 432. The van der Waals surface area contributed by atoms with Gasteiger partial charge in [0.15, 0.2) is 0 Å². The topological polar surface area (TPSA) is 75.3 Å². The van der Waals surface area contributed by atoms with E-state index < -0.39 is 0 Å². The van der Waals surface area contributed by atoms with E-state index in [0.717, 1.165) is 26.1 Å². The quantitative estimate of drug-likeness (QED) is 0.731. The fourth-order valence-corrected chi connectivity index (χ4v) is 2.54. The van der Waals surface area contributed by atoms with Crippen molar-refractivity contribution >= 4 is 17.5 Å². The molecule has 0 spiro atoms. The molecule has 2 aliphatic heterocycles. The Hall–Kier alpha value is -1.85. The molecule has 3 rings (SSSR count). The molecule has 1 aromatic heterocycles. The van der Waals surface area contributed by atoms with E-state index in [1.807, 2.05) is 4.90 Å². The number of piperazine rings is 1. The Morgan fingerprint density at radius 3 is 2.82 bits per heavy atom. The van der Waals surface area contributed by atoms with E-state index in [9.17, 15) is 4.79 Å². The molecule has 6 heteroatoms. The van der Waals surface area contributed by atoms with Crippen LogP contribution in [0.1, 0.15) is 12.8 Å². The largest absolute Gasteiger partial charge is 0.396 e. The molecule has 1 atom stereocenters. The molecule has 0 bridgehead atoms. The smallest absolute Gasteiger partial charge is 0.225 e. The molecule has 0 aromatic carbocycles. The number of nitrogens with two attached hydrogens (primary N) is 1. The molecule has 2 aliphatic rings. The van der Waals surface area contributed by atoms with Gasteiger partial charge in [0.1, 0.15) is 0 Å². The minimum absolute atomic E-state index is 0.285. The standard InChI is InChI=1S/C11H15N5O/c12-8-5-13-11(14-6-8)15-3-4-16-9(7-15)1-2-10(16)17/h5-6,9H,1-4,7,12H2. The van der Waals surface area contributed by atoms with Crippen LogP contribution < -0.4 is 10.6 Å². The molecule has 2 saturated heterocycles. The number of carbonyl (C=O) groups excluding carboxylic acids is 1. The summed E-state index contributed by atoms with van der Waals surface area (Å²) in [7, 11) is 0. The van der Waals surface area contributed by atoms with Crippen molar-refractivity contribution in [3.8, 4) is 0 Å². The van der Waals surface area contributed by atoms with Gasteiger partial charge in [-0.2, -0.15) is 0 Å². The first-order chi connectivity index (χ1) is 8.24. The molecule has 17 heavy (non-hydrogen) atoms. The summed E-state index contributed by atoms with van der Waals surface area (Å²) in [6.07, 6.45) is 4.87. The maximum Gasteiger partial charge on any atom is 0.225 e. The Kier molecular flexibility index (Phi) is 2.35. The predicted molar refractivity (Wildman–Crippen MR) is 63.4 cm³/mol. The summed E-state index contributed by atoms with van der Waals surface area (Å²) in [5, 5.41) is 0. The highest BCUT2D eigenvalue weighted by atomic mass is 16.2. The highest BCUT2D eigenvalue weighted by Crippen LogP contribution is 2.24. The first-order valence-corrected chi connectivity index (χ1v) is 5.86. The van der Waals surface area contributed by atoms with Crippen LogP contribution in [-0.2, 0) is 4.79 Å². The monoisotopic (exact) mass is 233 g/mol. The van der Waals surface area contributed by atoms with Crippen molar-refractivity contribution in [2.75, 3.05) is 30.3 Å². The van der Waals surface area contributed by atoms with Crippen LogP contribution in [0.15, 0.2) is 12.4 Å². The molecule has 6 nitrogen and oxygen atoms in total. The lowest BCUT2D eigenvalue weighted by Crippen LogP contribution is -2.52. The third-order valence-corrected chi connectivity index (χ3v) is 3.44. The molecular weight excluding hydrogens is 218 g/mol. The summed E-state index contributed by atoms with van der Waals surface area (Å²) in [4.78, 5) is 24.1. The van der Waals surface area contributed by atoms with Crippen LogP contribution in [0.4, 0.5) is 11.6 Å². The maximum atomic E-state index is 11.6. The van der Waals surface area contributed by atoms with Crippen molar-refractivity contribution in [2.45, 2.75) is 18.9 Å². The Morgan fingerprint density at radius 1 is 1.29 bits per heavy atom. The number of hydrogen-bond acceptors (Lipinski definition) is 5. The third kappa shape index (κ3) is 1.79. The number of hydrogen-bond donors (Lipinski definition) is 1. The van der Waals surface area contributed by atoms with E-state index in [2.05, 4.69) is 14.9 Å². The molecule has 3 heterocycles. The number of fused-ring (bicyclic) bond motifs is 1. The van der Waals surface area contributed by atoms with Crippen molar-refractivity contribution in [1.82, 2.24) is 14.9 Å². The zero-order chi connectivity index (χ0) is 11.8. The van der Waals surface area contributed by atoms with Gasteiger partial charge in [0.25, 0.3) is 0 Å². The Balaban J connectivity index is 1.75. The average Bonchev–Trinajstić information content (AvgIpc) is 2.72. The molecule has 0 saturated carbocycles. The van der Waals surface area contributed by atoms with Crippen LogP contribution in [0.25, 0.3) is 0 Å². The lowest BCUT2D eigenvalue weighted by atomic mass is 10.2. The number of nitrogens with zero attached hydrogens (tertiary/aromatic N) is 4. The third-order valence-electron chi connectivity index (χ3n) is 3.44. The van der Waals surface area contributed by atoms with E-state index >= 15 is 0 Å². The SMILES string of the molecule is Nc1cnc(N2CCN3C(=O)CCC3C2)nc1. The molecule has 1 unspecified atom stereocenters. The number of rotatable bonds is 1. The number of amides is 1. The summed E-state index contributed by atoms with van der Waals surface area (Å²) in [5.41, 5.74) is 6.14. The molecule has 2 fully saturated rings. The molecule has 1 aromatic rings. The van der Waals surface area contributed by atoms with E-state index in [-0.39, 0.29) is 5.91 Å². The van der Waals surface area contributed by atoms with Gasteiger partial charge < -0.3 is 15.5 Å². The number of nitrogen functional groups attached to an aromatic ring is 1. The van der Waals surface area contributed by atoms with Crippen LogP contribution in [-0.4, -0.2) is 46.5 Å². The first kappa shape index (κ1) is 10.3. The number of anilines is 2. The second-order valence-electron chi connectivity index (χ2n) is 4.54. The molecule has 0 radical (unpaired) electrons. The molecule has 90 valence electrons. The van der Waals surface area contributed by atoms with Gasteiger partial charge >= 0.3 is 0 Å². The average molecular weight is 233 g/mol. The maximum absolute atomic E-state index is 11.6. The van der Waals surface area contributed by atoms with Gasteiger partial charge in [-0.05, 0) is 6.42 Å². The van der Waals surface area contributed by atoms with Gasteiger partial charge in [0.2, 0.25) is 11.9 Å². The summed E-state index contributed by atoms with van der Waals surface area (Å²) in [5.74, 6) is 0.992. The van der Waals surface area contributed by atoms with Gasteiger partial charge in [-0.3, -0.25) is 4.79 Å². The van der Waals surface area contributed by atoms with Crippen molar-refractivity contribution < 1.29 is 4.79 Å². The molecule has 1 amide bonds. The lowest BCUT2D eigenvalue weighted by Gasteiger charge is -2.37. The van der Waals surface area contributed by atoms with Gasteiger partial charge in [-0.25, -0.2) is 9.97 Å². The van der Waals surface area contributed by atoms with Crippen LogP contribution in [0.2, 0.25) is 0 Å².